The molecule has 0 atom stereocenters. The molecule has 0 spiro atoms. The second kappa shape index (κ2) is 10.4. The zero-order valence-electron chi connectivity index (χ0n) is 18.9. The highest BCUT2D eigenvalue weighted by molar-refractivity contribution is 6.30. The molecule has 5 nitrogen and oxygen atoms in total. The molecule has 2 fully saturated rings. The molecule has 2 saturated heterocycles. The first-order valence-corrected chi connectivity index (χ1v) is 12.0. The van der Waals surface area contributed by atoms with Crippen molar-refractivity contribution in [2.75, 3.05) is 39.3 Å². The fraction of sp³-hybridized carbons (Fsp3) is 0.423. The largest absolute Gasteiger partial charge is 0.325 e. The van der Waals surface area contributed by atoms with Gasteiger partial charge in [-0.3, -0.25) is 0 Å². The van der Waals surface area contributed by atoms with Crippen LogP contribution in [0.15, 0.2) is 43.1 Å². The zero-order chi connectivity index (χ0) is 22.5. The Morgan fingerprint density at radius 2 is 1.81 bits per heavy atom. The van der Waals surface area contributed by atoms with E-state index in [0.717, 1.165) is 74.6 Å². The van der Waals surface area contributed by atoms with Crippen molar-refractivity contribution >= 4 is 29.8 Å². The van der Waals surface area contributed by atoms with Crippen molar-refractivity contribution in [1.82, 2.24) is 19.7 Å². The number of aromatic nitrogens is 1. The van der Waals surface area contributed by atoms with Crippen LogP contribution in [0.25, 0.3) is 17.8 Å². The third-order valence-corrected chi connectivity index (χ3v) is 6.85. The van der Waals surface area contributed by atoms with Gasteiger partial charge in [-0.25, -0.2) is 4.79 Å². The van der Waals surface area contributed by atoms with Crippen molar-refractivity contribution in [2.45, 2.75) is 32.1 Å². The van der Waals surface area contributed by atoms with Crippen molar-refractivity contribution in [3.8, 4) is 5.69 Å². The molecule has 4 rings (SSSR count). The number of amides is 2. The van der Waals surface area contributed by atoms with E-state index in [2.05, 4.69) is 41.7 Å². The minimum Gasteiger partial charge on any atom is -0.325 e. The molecule has 0 radical (unpaired) electrons. The second-order valence-corrected chi connectivity index (χ2v) is 8.99. The summed E-state index contributed by atoms with van der Waals surface area (Å²) in [5.74, 6) is 0.420. The molecule has 32 heavy (non-hydrogen) atoms. The maximum Gasteiger partial charge on any atom is 0.320 e. The van der Waals surface area contributed by atoms with Crippen LogP contribution in [0.3, 0.4) is 0 Å². The van der Waals surface area contributed by atoms with Crippen molar-refractivity contribution in [3.63, 3.8) is 0 Å². The van der Waals surface area contributed by atoms with Crippen molar-refractivity contribution < 1.29 is 4.79 Å². The molecule has 2 aromatic rings. The van der Waals surface area contributed by atoms with E-state index in [9.17, 15) is 4.79 Å². The number of nitrogens with zero attached hydrogens (tertiary/aromatic N) is 3. The lowest BCUT2D eigenvalue weighted by Gasteiger charge is -2.35. The van der Waals surface area contributed by atoms with E-state index in [-0.39, 0.29) is 6.03 Å². The summed E-state index contributed by atoms with van der Waals surface area (Å²) in [4.78, 5) is 17.1. The first kappa shape index (κ1) is 22.7. The molecule has 6 heteroatoms. The van der Waals surface area contributed by atoms with Crippen LogP contribution in [0.5, 0.6) is 0 Å². The summed E-state index contributed by atoms with van der Waals surface area (Å²) in [6, 6.07) is 8.15. The average molecular weight is 453 g/mol. The molecule has 0 aliphatic carbocycles. The van der Waals surface area contributed by atoms with Gasteiger partial charge in [0.2, 0.25) is 0 Å². The van der Waals surface area contributed by atoms with E-state index >= 15 is 0 Å². The number of benzene rings is 1. The Morgan fingerprint density at radius 1 is 1.09 bits per heavy atom. The van der Waals surface area contributed by atoms with Gasteiger partial charge in [-0.05, 0) is 68.5 Å². The van der Waals surface area contributed by atoms with Gasteiger partial charge in [0.05, 0.1) is 0 Å². The number of hydrogen-bond acceptors (Lipinski definition) is 2. The molecule has 3 heterocycles. The van der Waals surface area contributed by atoms with Crippen LogP contribution in [0.2, 0.25) is 5.02 Å². The van der Waals surface area contributed by atoms with E-state index in [0.29, 0.717) is 5.92 Å². The highest BCUT2D eigenvalue weighted by Crippen LogP contribution is 2.27. The predicted octanol–water partition coefficient (Wildman–Crippen LogP) is 3.49. The molecule has 0 bridgehead atoms. The number of nitrogens with one attached hydrogen (secondary N) is 1. The lowest BCUT2D eigenvalue weighted by atomic mass is 9.90. The molecule has 1 N–H and O–H groups in total. The number of allylic oxidation sites excluding steroid dienone is 1. The zero-order valence-corrected chi connectivity index (χ0v) is 19.7. The second-order valence-electron chi connectivity index (χ2n) is 8.56. The summed E-state index contributed by atoms with van der Waals surface area (Å²) in [7, 11) is 0. The monoisotopic (exact) mass is 452 g/mol. The minimum absolute atomic E-state index is 0.200. The fourth-order valence-electron chi connectivity index (χ4n) is 4.91. The summed E-state index contributed by atoms with van der Waals surface area (Å²) in [6.45, 7) is 11.2. The van der Waals surface area contributed by atoms with Gasteiger partial charge in [-0.2, -0.15) is 0 Å². The number of carbonyl (C=O) groups is 1. The van der Waals surface area contributed by atoms with Crippen LogP contribution < -0.4 is 15.9 Å². The first-order valence-electron chi connectivity index (χ1n) is 11.6. The Morgan fingerprint density at radius 3 is 2.50 bits per heavy atom. The molecular formula is C26H33ClN4O. The van der Waals surface area contributed by atoms with Crippen molar-refractivity contribution in [1.29, 1.82) is 0 Å². The summed E-state index contributed by atoms with van der Waals surface area (Å²) < 4.78 is 2.24. The fourth-order valence-corrected chi connectivity index (χ4v) is 5.04. The average Bonchev–Trinajstić information content (AvgIpc) is 2.98. The topological polar surface area (TPSA) is 40.5 Å². The lowest BCUT2D eigenvalue weighted by Crippen LogP contribution is -2.47. The summed E-state index contributed by atoms with van der Waals surface area (Å²) in [6.07, 6.45) is 11.4. The highest BCUT2D eigenvalue weighted by Gasteiger charge is 2.28. The number of likely N-dealkylation sites (tertiary alicyclic amines) is 1. The van der Waals surface area contributed by atoms with Gasteiger partial charge in [0.15, 0.2) is 0 Å². The van der Waals surface area contributed by atoms with Crippen molar-refractivity contribution in [2.24, 2.45) is 0 Å². The van der Waals surface area contributed by atoms with E-state index in [4.69, 9.17) is 11.6 Å². The van der Waals surface area contributed by atoms with Crippen LogP contribution in [-0.4, -0.2) is 59.7 Å². The van der Waals surface area contributed by atoms with Crippen LogP contribution in [0.1, 0.15) is 37.7 Å². The lowest BCUT2D eigenvalue weighted by molar-refractivity contribution is 0.142. The Kier molecular flexibility index (Phi) is 7.38. The number of halogens is 1. The highest BCUT2D eigenvalue weighted by atomic mass is 35.5. The predicted molar refractivity (Wildman–Crippen MR) is 133 cm³/mol. The van der Waals surface area contributed by atoms with Gasteiger partial charge in [0.1, 0.15) is 0 Å². The van der Waals surface area contributed by atoms with Gasteiger partial charge in [-0.1, -0.05) is 36.4 Å². The third-order valence-electron chi connectivity index (χ3n) is 6.59. The van der Waals surface area contributed by atoms with Crippen LogP contribution in [-0.2, 0) is 0 Å². The third kappa shape index (κ3) is 4.79. The molecule has 2 aliphatic rings. The van der Waals surface area contributed by atoms with Crippen LogP contribution >= 0.6 is 11.6 Å². The molecular weight excluding hydrogens is 420 g/mol. The molecule has 2 amide bonds. The molecule has 0 saturated carbocycles. The molecule has 0 unspecified atom stereocenters. The van der Waals surface area contributed by atoms with E-state index in [1.54, 1.807) is 0 Å². The standard InChI is InChI=1S/C26H33ClN4O/c1-3-6-23-24(19-31(25(23)4-2)22-9-7-21(27)8-10-22)20-11-16-30(17-12-20)26(32)29-15-5-13-28-14-18-29/h3-4,6-10,19-20,28H,1,5,11-18H2,2H3/b23-6-,25-4+. The maximum atomic E-state index is 13.0. The summed E-state index contributed by atoms with van der Waals surface area (Å²) in [5.41, 5.74) is 2.42. The van der Waals surface area contributed by atoms with E-state index in [1.165, 1.54) is 10.8 Å². The summed E-state index contributed by atoms with van der Waals surface area (Å²) in [5, 5.41) is 6.50. The summed E-state index contributed by atoms with van der Waals surface area (Å²) >= 11 is 6.11. The Bertz CT molecular complexity index is 1060. The molecule has 170 valence electrons. The van der Waals surface area contributed by atoms with E-state index < -0.39 is 0 Å². The SMILES string of the molecule is C=C/C=c1/c(C2CCN(C(=O)N3CCCNCC3)CC2)cn(-c2ccc(Cl)cc2)/c1=C/C. The normalized spacial score (nSPS) is 19.3. The van der Waals surface area contributed by atoms with Gasteiger partial charge in [0.25, 0.3) is 0 Å². The Labute approximate surface area is 195 Å². The van der Waals surface area contributed by atoms with Gasteiger partial charge in [-0.15, -0.1) is 0 Å². The number of urea groups is 1. The van der Waals surface area contributed by atoms with Gasteiger partial charge < -0.3 is 19.7 Å². The first-order chi connectivity index (χ1) is 15.6. The Balaban J connectivity index is 1.56. The molecule has 1 aromatic carbocycles. The molecule has 1 aromatic heterocycles. The smallest absolute Gasteiger partial charge is 0.320 e. The Hall–Kier alpha value is -2.50. The van der Waals surface area contributed by atoms with Crippen molar-refractivity contribution in [3.05, 3.63) is 64.3 Å². The number of hydrogen-bond donors (Lipinski definition) is 1. The number of rotatable bonds is 3. The van der Waals surface area contributed by atoms with Crippen LogP contribution in [0.4, 0.5) is 4.79 Å². The maximum absolute atomic E-state index is 13.0. The number of carbonyl (C=O) groups excluding carboxylic acids is 1. The van der Waals surface area contributed by atoms with Gasteiger partial charge in [0, 0.05) is 60.2 Å². The number of piperidine rings is 1. The van der Waals surface area contributed by atoms with E-state index in [1.807, 2.05) is 40.1 Å². The van der Waals surface area contributed by atoms with Gasteiger partial charge >= 0.3 is 6.03 Å². The van der Waals surface area contributed by atoms with Crippen LogP contribution in [0, 0.1) is 0 Å². The quantitative estimate of drug-likeness (QED) is 0.774. The minimum atomic E-state index is 0.200. The molecule has 2 aliphatic heterocycles.